The van der Waals surface area contributed by atoms with E-state index < -0.39 is 0 Å². The van der Waals surface area contributed by atoms with E-state index in [4.69, 9.17) is 0 Å². The van der Waals surface area contributed by atoms with Crippen molar-refractivity contribution in [3.63, 3.8) is 0 Å². The van der Waals surface area contributed by atoms with E-state index in [2.05, 4.69) is 27.9 Å². The molecule has 3 N–H and O–H groups in total. The highest BCUT2D eigenvalue weighted by Crippen LogP contribution is 2.05. The van der Waals surface area contributed by atoms with Crippen LogP contribution in [0.3, 0.4) is 0 Å². The van der Waals surface area contributed by atoms with E-state index in [-0.39, 0.29) is 5.91 Å². The van der Waals surface area contributed by atoms with Crippen molar-refractivity contribution >= 4 is 11.9 Å². The third-order valence-corrected chi connectivity index (χ3v) is 4.04. The number of hydrogen-bond acceptors (Lipinski definition) is 3. The van der Waals surface area contributed by atoms with Crippen LogP contribution in [0.15, 0.2) is 29.3 Å². The van der Waals surface area contributed by atoms with Crippen LogP contribution < -0.4 is 16.0 Å². The van der Waals surface area contributed by atoms with Crippen LogP contribution in [0.4, 0.5) is 0 Å². The molecule has 0 aliphatic carbocycles. The molecule has 0 aromatic heterocycles. The molecule has 0 radical (unpaired) electrons. The van der Waals surface area contributed by atoms with E-state index in [0.717, 1.165) is 31.0 Å². The second-order valence-electron chi connectivity index (χ2n) is 6.67. The molecule has 0 aliphatic rings. The lowest BCUT2D eigenvalue weighted by molar-refractivity contribution is 0.0951. The van der Waals surface area contributed by atoms with Gasteiger partial charge in [-0.1, -0.05) is 38.3 Å². The van der Waals surface area contributed by atoms with E-state index in [1.807, 2.05) is 43.3 Å². The Kier molecular flexibility index (Phi) is 11.1. The fraction of sp³-hybridized carbons (Fsp3) is 0.600. The fourth-order valence-electron chi connectivity index (χ4n) is 2.48. The Morgan fingerprint density at radius 2 is 1.88 bits per heavy atom. The van der Waals surface area contributed by atoms with Crippen LogP contribution in [-0.2, 0) is 6.54 Å². The zero-order valence-corrected chi connectivity index (χ0v) is 16.8. The Hall–Kier alpha value is -2.08. The standard InChI is InChI=1S/C20H35N5O/c1-5-6-7-8-12-23-20(21-2)24-16-17-10-9-11-18(15-17)19(26)22-13-14-25(3)4/h9-11,15H,5-8,12-14,16H2,1-4H3,(H,22,26)(H2,21,23,24). The van der Waals surface area contributed by atoms with Crippen molar-refractivity contribution in [3.05, 3.63) is 35.4 Å². The van der Waals surface area contributed by atoms with E-state index in [9.17, 15) is 4.79 Å². The van der Waals surface area contributed by atoms with Gasteiger partial charge < -0.3 is 20.9 Å². The maximum Gasteiger partial charge on any atom is 0.251 e. The molecule has 1 aromatic carbocycles. The highest BCUT2D eigenvalue weighted by molar-refractivity contribution is 5.94. The normalized spacial score (nSPS) is 11.5. The smallest absolute Gasteiger partial charge is 0.251 e. The van der Waals surface area contributed by atoms with Crippen LogP contribution in [-0.4, -0.2) is 57.5 Å². The minimum atomic E-state index is -0.0351. The van der Waals surface area contributed by atoms with Gasteiger partial charge in [-0.2, -0.15) is 0 Å². The highest BCUT2D eigenvalue weighted by atomic mass is 16.1. The van der Waals surface area contributed by atoms with Crippen molar-refractivity contribution in [1.82, 2.24) is 20.9 Å². The first-order chi connectivity index (χ1) is 12.6. The lowest BCUT2D eigenvalue weighted by Gasteiger charge is -2.13. The van der Waals surface area contributed by atoms with Crippen molar-refractivity contribution < 1.29 is 4.79 Å². The third-order valence-electron chi connectivity index (χ3n) is 4.04. The lowest BCUT2D eigenvalue weighted by Crippen LogP contribution is -2.37. The van der Waals surface area contributed by atoms with E-state index in [1.54, 1.807) is 7.05 Å². The molecule has 146 valence electrons. The van der Waals surface area contributed by atoms with Gasteiger partial charge in [0.1, 0.15) is 0 Å². The average molecular weight is 362 g/mol. The van der Waals surface area contributed by atoms with Crippen molar-refractivity contribution in [1.29, 1.82) is 0 Å². The van der Waals surface area contributed by atoms with E-state index in [0.29, 0.717) is 18.7 Å². The highest BCUT2D eigenvalue weighted by Gasteiger charge is 2.06. The number of carbonyl (C=O) groups excluding carboxylic acids is 1. The Labute approximate surface area is 158 Å². The molecular weight excluding hydrogens is 326 g/mol. The molecule has 0 saturated heterocycles. The number of likely N-dealkylation sites (N-methyl/N-ethyl adjacent to an activating group) is 1. The summed E-state index contributed by atoms with van der Waals surface area (Å²) in [5.74, 6) is 0.759. The summed E-state index contributed by atoms with van der Waals surface area (Å²) in [6.45, 7) is 5.24. The van der Waals surface area contributed by atoms with Gasteiger partial charge in [0, 0.05) is 38.8 Å². The molecule has 0 unspecified atom stereocenters. The molecule has 0 heterocycles. The molecule has 1 aromatic rings. The van der Waals surface area contributed by atoms with Gasteiger partial charge in [0.15, 0.2) is 5.96 Å². The van der Waals surface area contributed by atoms with E-state index in [1.165, 1.54) is 19.3 Å². The molecule has 0 aliphatic heterocycles. The topological polar surface area (TPSA) is 68.8 Å². The monoisotopic (exact) mass is 361 g/mol. The number of nitrogens with zero attached hydrogens (tertiary/aromatic N) is 2. The molecule has 26 heavy (non-hydrogen) atoms. The van der Waals surface area contributed by atoms with Crippen molar-refractivity contribution in [3.8, 4) is 0 Å². The number of carbonyl (C=O) groups is 1. The van der Waals surface area contributed by atoms with Gasteiger partial charge in [-0.05, 0) is 38.2 Å². The number of hydrogen-bond donors (Lipinski definition) is 3. The number of benzene rings is 1. The van der Waals surface area contributed by atoms with Gasteiger partial charge in [0.25, 0.3) is 5.91 Å². The lowest BCUT2D eigenvalue weighted by atomic mass is 10.1. The van der Waals surface area contributed by atoms with Crippen LogP contribution in [0, 0.1) is 0 Å². The molecule has 6 heteroatoms. The summed E-state index contributed by atoms with van der Waals surface area (Å²) in [5.41, 5.74) is 1.74. The minimum Gasteiger partial charge on any atom is -0.356 e. The first-order valence-electron chi connectivity index (χ1n) is 9.53. The van der Waals surface area contributed by atoms with Gasteiger partial charge in [0.2, 0.25) is 0 Å². The Morgan fingerprint density at radius 3 is 2.58 bits per heavy atom. The van der Waals surface area contributed by atoms with E-state index >= 15 is 0 Å². The predicted octanol–water partition coefficient (Wildman–Crippen LogP) is 2.22. The number of aliphatic imine (C=N–C) groups is 1. The van der Waals surface area contributed by atoms with Crippen LogP contribution in [0.2, 0.25) is 0 Å². The first kappa shape index (κ1) is 22.0. The van der Waals surface area contributed by atoms with Crippen molar-refractivity contribution in [2.24, 2.45) is 4.99 Å². The summed E-state index contributed by atoms with van der Waals surface area (Å²) >= 11 is 0. The summed E-state index contributed by atoms with van der Waals surface area (Å²) in [6, 6.07) is 7.69. The molecule has 0 bridgehead atoms. The molecule has 0 atom stereocenters. The minimum absolute atomic E-state index is 0.0351. The van der Waals surface area contributed by atoms with Gasteiger partial charge >= 0.3 is 0 Å². The molecule has 0 spiro atoms. The molecule has 0 fully saturated rings. The molecule has 6 nitrogen and oxygen atoms in total. The van der Waals surface area contributed by atoms with Crippen LogP contribution in [0.5, 0.6) is 0 Å². The zero-order valence-electron chi connectivity index (χ0n) is 16.8. The zero-order chi connectivity index (χ0) is 19.2. The molecule has 1 amide bonds. The van der Waals surface area contributed by atoms with Crippen LogP contribution >= 0.6 is 0 Å². The first-order valence-corrected chi connectivity index (χ1v) is 9.53. The van der Waals surface area contributed by atoms with Crippen molar-refractivity contribution in [2.45, 2.75) is 39.2 Å². The molecular formula is C20H35N5O. The maximum atomic E-state index is 12.2. The van der Waals surface area contributed by atoms with Gasteiger partial charge in [-0.15, -0.1) is 0 Å². The number of amides is 1. The average Bonchev–Trinajstić information content (AvgIpc) is 2.64. The summed E-state index contributed by atoms with van der Waals surface area (Å²) in [6.07, 6.45) is 4.91. The largest absolute Gasteiger partial charge is 0.356 e. The van der Waals surface area contributed by atoms with Gasteiger partial charge in [0.05, 0.1) is 0 Å². The predicted molar refractivity (Wildman–Crippen MR) is 110 cm³/mol. The Balaban J connectivity index is 2.43. The second-order valence-corrected chi connectivity index (χ2v) is 6.67. The Bertz CT molecular complexity index is 557. The SMILES string of the molecule is CCCCCCNC(=NC)NCc1cccc(C(=O)NCCN(C)C)c1. The van der Waals surface area contributed by atoms with Gasteiger partial charge in [-0.25, -0.2) is 0 Å². The summed E-state index contributed by atoms with van der Waals surface area (Å²) in [5, 5.41) is 9.57. The third kappa shape index (κ3) is 9.42. The van der Waals surface area contributed by atoms with Gasteiger partial charge in [-0.3, -0.25) is 9.79 Å². The number of nitrogens with one attached hydrogen (secondary N) is 3. The maximum absolute atomic E-state index is 12.2. The number of unbranched alkanes of at least 4 members (excludes halogenated alkanes) is 3. The summed E-state index contributed by atoms with van der Waals surface area (Å²) in [4.78, 5) is 18.5. The Morgan fingerprint density at radius 1 is 1.08 bits per heavy atom. The summed E-state index contributed by atoms with van der Waals surface area (Å²) in [7, 11) is 5.75. The number of rotatable bonds is 11. The summed E-state index contributed by atoms with van der Waals surface area (Å²) < 4.78 is 0. The fourth-order valence-corrected chi connectivity index (χ4v) is 2.48. The van der Waals surface area contributed by atoms with Crippen molar-refractivity contribution in [2.75, 3.05) is 40.8 Å². The van der Waals surface area contributed by atoms with Crippen LogP contribution in [0.25, 0.3) is 0 Å². The quantitative estimate of drug-likeness (QED) is 0.321. The molecule has 0 saturated carbocycles. The van der Waals surface area contributed by atoms with Crippen LogP contribution in [0.1, 0.15) is 48.5 Å². The second kappa shape index (κ2) is 13.2. The number of guanidine groups is 1. The molecule has 1 rings (SSSR count).